The first-order chi connectivity index (χ1) is 14.0. The number of aromatic nitrogens is 1. The molecule has 1 aromatic carbocycles. The van der Waals surface area contributed by atoms with E-state index in [0.717, 1.165) is 74.3 Å². The van der Waals surface area contributed by atoms with E-state index in [1.54, 1.807) is 23.5 Å². The summed E-state index contributed by atoms with van der Waals surface area (Å²) in [7, 11) is 0. The lowest BCUT2D eigenvalue weighted by Crippen LogP contribution is -2.37. The first kappa shape index (κ1) is 20.3. The van der Waals surface area contributed by atoms with E-state index < -0.39 is 0 Å². The standard InChI is InChI=1S/C23H30FN3OS/c1-15(2)27(14-28)13-16-6-10-19(11-7-16)25-23-26-22-20-12-18(24)9-8-17(20)4-3-5-21(22)29-23/h8-9,12,14-16,19H,3-7,10-11,13H2,1-2H3,(H,25,26). The summed E-state index contributed by atoms with van der Waals surface area (Å²) in [6.07, 6.45) is 8.53. The number of halogens is 1. The Morgan fingerprint density at radius 3 is 2.79 bits per heavy atom. The third kappa shape index (κ3) is 4.63. The van der Waals surface area contributed by atoms with Crippen LogP contribution in [0.5, 0.6) is 0 Å². The maximum absolute atomic E-state index is 13.8. The van der Waals surface area contributed by atoms with Crippen molar-refractivity contribution in [3.8, 4) is 11.3 Å². The predicted molar refractivity (Wildman–Crippen MR) is 117 cm³/mol. The number of amides is 1. The van der Waals surface area contributed by atoms with Gasteiger partial charge in [-0.25, -0.2) is 9.37 Å². The molecule has 0 spiro atoms. The number of hydrogen-bond acceptors (Lipinski definition) is 4. The van der Waals surface area contributed by atoms with E-state index in [2.05, 4.69) is 19.2 Å². The number of thiazole rings is 1. The molecule has 0 radical (unpaired) electrons. The molecule has 0 saturated heterocycles. The molecule has 1 fully saturated rings. The van der Waals surface area contributed by atoms with Gasteiger partial charge in [0.25, 0.3) is 0 Å². The Morgan fingerprint density at radius 2 is 2.07 bits per heavy atom. The molecule has 2 aliphatic carbocycles. The van der Waals surface area contributed by atoms with Gasteiger partial charge in [-0.05, 0) is 82.4 Å². The lowest BCUT2D eigenvalue weighted by atomic mass is 9.85. The van der Waals surface area contributed by atoms with Gasteiger partial charge >= 0.3 is 0 Å². The second kappa shape index (κ2) is 8.82. The van der Waals surface area contributed by atoms with Crippen LogP contribution in [0.4, 0.5) is 9.52 Å². The summed E-state index contributed by atoms with van der Waals surface area (Å²) in [5.41, 5.74) is 3.14. The van der Waals surface area contributed by atoms with Gasteiger partial charge in [0.1, 0.15) is 5.82 Å². The van der Waals surface area contributed by atoms with Crippen molar-refractivity contribution >= 4 is 22.9 Å². The van der Waals surface area contributed by atoms with Gasteiger partial charge in [0.15, 0.2) is 5.13 Å². The lowest BCUT2D eigenvalue weighted by molar-refractivity contribution is -0.120. The molecular weight excluding hydrogens is 385 g/mol. The van der Waals surface area contributed by atoms with E-state index in [-0.39, 0.29) is 11.9 Å². The van der Waals surface area contributed by atoms with E-state index in [9.17, 15) is 9.18 Å². The summed E-state index contributed by atoms with van der Waals surface area (Å²) in [6, 6.07) is 5.80. The monoisotopic (exact) mass is 415 g/mol. The number of nitrogens with one attached hydrogen (secondary N) is 1. The Bertz CT molecular complexity index is 858. The molecule has 2 aliphatic rings. The highest BCUT2D eigenvalue weighted by molar-refractivity contribution is 7.16. The summed E-state index contributed by atoms with van der Waals surface area (Å²) >= 11 is 1.73. The smallest absolute Gasteiger partial charge is 0.209 e. The van der Waals surface area contributed by atoms with Gasteiger partial charge in [0.2, 0.25) is 6.41 Å². The zero-order valence-corrected chi connectivity index (χ0v) is 18.1. The molecule has 2 aromatic rings. The largest absolute Gasteiger partial charge is 0.359 e. The second-order valence-corrected chi connectivity index (χ2v) is 9.79. The molecule has 0 aliphatic heterocycles. The minimum absolute atomic E-state index is 0.191. The van der Waals surface area contributed by atoms with Crippen LogP contribution >= 0.6 is 11.3 Å². The quantitative estimate of drug-likeness (QED) is 0.653. The highest BCUT2D eigenvalue weighted by atomic mass is 32.1. The van der Waals surface area contributed by atoms with E-state index >= 15 is 0 Å². The number of benzene rings is 1. The second-order valence-electron chi connectivity index (χ2n) is 8.70. The molecule has 156 valence electrons. The summed E-state index contributed by atoms with van der Waals surface area (Å²) in [5, 5.41) is 4.61. The van der Waals surface area contributed by atoms with Crippen LogP contribution in [0.2, 0.25) is 0 Å². The van der Waals surface area contributed by atoms with E-state index in [1.165, 1.54) is 10.4 Å². The number of anilines is 1. The normalized spacial score (nSPS) is 21.2. The van der Waals surface area contributed by atoms with Crippen molar-refractivity contribution < 1.29 is 9.18 Å². The first-order valence-corrected chi connectivity index (χ1v) is 11.6. The molecule has 6 heteroatoms. The Morgan fingerprint density at radius 1 is 1.28 bits per heavy atom. The van der Waals surface area contributed by atoms with Crippen LogP contribution in [0.25, 0.3) is 11.3 Å². The van der Waals surface area contributed by atoms with Crippen molar-refractivity contribution in [1.29, 1.82) is 0 Å². The molecule has 1 amide bonds. The Hall–Kier alpha value is -1.95. The number of fused-ring (bicyclic) bond motifs is 3. The number of hydrogen-bond donors (Lipinski definition) is 1. The summed E-state index contributed by atoms with van der Waals surface area (Å²) in [6.45, 7) is 5.00. The lowest BCUT2D eigenvalue weighted by Gasteiger charge is -2.33. The molecule has 29 heavy (non-hydrogen) atoms. The SMILES string of the molecule is CC(C)N(C=O)CC1CCC(Nc2nc3c(s2)CCCc2ccc(F)cc2-3)CC1. The van der Waals surface area contributed by atoms with Crippen molar-refractivity contribution in [3.05, 3.63) is 34.5 Å². The zero-order chi connectivity index (χ0) is 20.4. The minimum atomic E-state index is -0.191. The zero-order valence-electron chi connectivity index (χ0n) is 17.3. The number of carbonyl (C=O) groups is 1. The molecular formula is C23H30FN3OS. The van der Waals surface area contributed by atoms with Crippen LogP contribution in [0.15, 0.2) is 18.2 Å². The number of carbonyl (C=O) groups excluding carboxylic acids is 1. The molecule has 1 heterocycles. The van der Waals surface area contributed by atoms with E-state index in [1.807, 2.05) is 11.0 Å². The number of nitrogens with zero attached hydrogens (tertiary/aromatic N) is 2. The minimum Gasteiger partial charge on any atom is -0.359 e. The number of aryl methyl sites for hydroxylation is 2. The fourth-order valence-corrected chi connectivity index (χ4v) is 5.65. The van der Waals surface area contributed by atoms with Gasteiger partial charge in [-0.3, -0.25) is 4.79 Å². The fraction of sp³-hybridized carbons (Fsp3) is 0.565. The van der Waals surface area contributed by atoms with Gasteiger partial charge in [0, 0.05) is 29.1 Å². The topological polar surface area (TPSA) is 45.2 Å². The Labute approximate surface area is 176 Å². The van der Waals surface area contributed by atoms with E-state index in [0.29, 0.717) is 12.0 Å². The fourth-order valence-electron chi connectivity index (χ4n) is 4.56. The molecule has 1 N–H and O–H groups in total. The van der Waals surface area contributed by atoms with Crippen molar-refractivity contribution in [2.24, 2.45) is 5.92 Å². The summed E-state index contributed by atoms with van der Waals surface area (Å²) < 4.78 is 13.8. The Balaban J connectivity index is 1.40. The average molecular weight is 416 g/mol. The van der Waals surface area contributed by atoms with E-state index in [4.69, 9.17) is 4.98 Å². The highest BCUT2D eigenvalue weighted by Gasteiger charge is 2.25. The molecule has 4 rings (SSSR count). The summed E-state index contributed by atoms with van der Waals surface area (Å²) in [5.74, 6) is 0.395. The highest BCUT2D eigenvalue weighted by Crippen LogP contribution is 2.38. The maximum Gasteiger partial charge on any atom is 0.209 e. The van der Waals surface area contributed by atoms with Gasteiger partial charge in [0.05, 0.1) is 5.69 Å². The molecule has 1 saturated carbocycles. The van der Waals surface area contributed by atoms with Crippen molar-refractivity contribution in [3.63, 3.8) is 0 Å². The third-order valence-corrected chi connectivity index (χ3v) is 7.36. The Kier molecular flexibility index (Phi) is 6.18. The molecule has 0 atom stereocenters. The molecule has 0 unspecified atom stereocenters. The third-order valence-electron chi connectivity index (χ3n) is 6.32. The van der Waals surface area contributed by atoms with Crippen molar-refractivity contribution in [2.45, 2.75) is 70.9 Å². The van der Waals surface area contributed by atoms with Crippen LogP contribution in [-0.2, 0) is 17.6 Å². The van der Waals surface area contributed by atoms with Gasteiger partial charge < -0.3 is 10.2 Å². The van der Waals surface area contributed by atoms with Gasteiger partial charge in [-0.15, -0.1) is 11.3 Å². The molecule has 4 nitrogen and oxygen atoms in total. The van der Waals surface area contributed by atoms with Crippen LogP contribution < -0.4 is 5.32 Å². The summed E-state index contributed by atoms with van der Waals surface area (Å²) in [4.78, 5) is 19.3. The molecule has 0 bridgehead atoms. The predicted octanol–water partition coefficient (Wildman–Crippen LogP) is 5.28. The van der Waals surface area contributed by atoms with Gasteiger partial charge in [-0.1, -0.05) is 6.07 Å². The van der Waals surface area contributed by atoms with Crippen LogP contribution in [0.3, 0.4) is 0 Å². The molecule has 1 aromatic heterocycles. The van der Waals surface area contributed by atoms with Crippen LogP contribution in [-0.4, -0.2) is 34.9 Å². The number of rotatable bonds is 6. The first-order valence-electron chi connectivity index (χ1n) is 10.8. The van der Waals surface area contributed by atoms with Crippen LogP contribution in [0.1, 0.15) is 56.4 Å². The average Bonchev–Trinajstić information content (AvgIpc) is 3.03. The van der Waals surface area contributed by atoms with Crippen LogP contribution in [0, 0.1) is 11.7 Å². The van der Waals surface area contributed by atoms with Crippen molar-refractivity contribution in [2.75, 3.05) is 11.9 Å². The van der Waals surface area contributed by atoms with Gasteiger partial charge in [-0.2, -0.15) is 0 Å². The van der Waals surface area contributed by atoms with Crippen molar-refractivity contribution in [1.82, 2.24) is 9.88 Å². The maximum atomic E-state index is 13.8.